The van der Waals surface area contributed by atoms with Crippen LogP contribution >= 0.6 is 0 Å². The van der Waals surface area contributed by atoms with E-state index in [1.54, 1.807) is 14.2 Å². The van der Waals surface area contributed by atoms with Gasteiger partial charge < -0.3 is 18.9 Å². The van der Waals surface area contributed by atoms with Crippen molar-refractivity contribution in [2.75, 3.05) is 27.4 Å². The molecule has 150 valence electrons. The summed E-state index contributed by atoms with van der Waals surface area (Å²) in [6.45, 7) is 3.31. The lowest BCUT2D eigenvalue weighted by Gasteiger charge is -2.26. The zero-order valence-corrected chi connectivity index (χ0v) is 17.2. The summed E-state index contributed by atoms with van der Waals surface area (Å²) in [7, 11) is 3.36. The van der Waals surface area contributed by atoms with Crippen LogP contribution in [0.5, 0.6) is 23.0 Å². The molecule has 0 unspecified atom stereocenters. The Morgan fingerprint density at radius 3 is 1.86 bits per heavy atom. The van der Waals surface area contributed by atoms with Gasteiger partial charge in [-0.25, -0.2) is 0 Å². The predicted octanol–water partition coefficient (Wildman–Crippen LogP) is 5.76. The zero-order valence-electron chi connectivity index (χ0n) is 17.2. The second-order valence-corrected chi connectivity index (χ2v) is 7.02. The maximum atomic E-state index is 6.18. The minimum absolute atomic E-state index is 0.549. The first kappa shape index (κ1) is 19.2. The monoisotopic (exact) mass is 390 g/mol. The molecule has 0 bridgehead atoms. The van der Waals surface area contributed by atoms with Crippen LogP contribution in [0.3, 0.4) is 0 Å². The van der Waals surface area contributed by atoms with Crippen LogP contribution in [0.1, 0.15) is 18.9 Å². The Labute approximate surface area is 172 Å². The van der Waals surface area contributed by atoms with Crippen molar-refractivity contribution in [1.29, 1.82) is 0 Å². The second-order valence-electron chi connectivity index (χ2n) is 7.02. The molecule has 0 atom stereocenters. The zero-order chi connectivity index (χ0) is 20.2. The van der Waals surface area contributed by atoms with Gasteiger partial charge in [-0.05, 0) is 59.0 Å². The van der Waals surface area contributed by atoms with Crippen molar-refractivity contribution >= 4 is 0 Å². The lowest BCUT2D eigenvalue weighted by Crippen LogP contribution is -2.18. The molecule has 29 heavy (non-hydrogen) atoms. The van der Waals surface area contributed by atoms with E-state index in [1.165, 1.54) is 5.56 Å². The summed E-state index contributed by atoms with van der Waals surface area (Å²) in [6.07, 6.45) is 1.98. The summed E-state index contributed by atoms with van der Waals surface area (Å²) in [5.41, 5.74) is 5.55. The van der Waals surface area contributed by atoms with E-state index < -0.39 is 0 Å². The van der Waals surface area contributed by atoms with Crippen LogP contribution in [0, 0.1) is 0 Å². The maximum Gasteiger partial charge on any atom is 0.170 e. The van der Waals surface area contributed by atoms with Gasteiger partial charge in [-0.1, -0.05) is 37.6 Å². The van der Waals surface area contributed by atoms with Crippen LogP contribution in [0.4, 0.5) is 0 Å². The molecule has 3 aromatic carbocycles. The van der Waals surface area contributed by atoms with Gasteiger partial charge in [0.25, 0.3) is 0 Å². The van der Waals surface area contributed by atoms with Crippen molar-refractivity contribution in [3.8, 4) is 45.3 Å². The number of rotatable bonds is 6. The Morgan fingerprint density at radius 2 is 1.31 bits per heavy atom. The average molecular weight is 390 g/mol. The highest BCUT2D eigenvalue weighted by atomic mass is 16.6. The van der Waals surface area contributed by atoms with Crippen molar-refractivity contribution in [3.63, 3.8) is 0 Å². The van der Waals surface area contributed by atoms with E-state index in [9.17, 15) is 0 Å². The van der Waals surface area contributed by atoms with E-state index in [2.05, 4.69) is 37.3 Å². The molecule has 0 fully saturated rings. The van der Waals surface area contributed by atoms with E-state index in [0.717, 1.165) is 58.1 Å². The van der Waals surface area contributed by atoms with Gasteiger partial charge in [-0.2, -0.15) is 0 Å². The van der Waals surface area contributed by atoms with Crippen molar-refractivity contribution in [3.05, 3.63) is 60.2 Å². The molecule has 1 aliphatic rings. The molecule has 0 radical (unpaired) electrons. The van der Waals surface area contributed by atoms with Gasteiger partial charge in [0.05, 0.1) is 14.2 Å². The summed E-state index contributed by atoms with van der Waals surface area (Å²) in [5, 5.41) is 0. The molecule has 0 aromatic heterocycles. The Kier molecular flexibility index (Phi) is 5.61. The Morgan fingerprint density at radius 1 is 0.759 bits per heavy atom. The van der Waals surface area contributed by atoms with Crippen molar-refractivity contribution < 1.29 is 18.9 Å². The standard InChI is InChI=1S/C25H26O4/c1-4-5-19-16-22(17-6-10-20(26-2)11-7-17)23(25-24(19)28-14-15-29-25)18-8-12-21(27-3)13-9-18/h6-13,16H,4-5,14-15H2,1-3H3. The second kappa shape index (κ2) is 8.48. The third-order valence-electron chi connectivity index (χ3n) is 5.19. The summed E-state index contributed by atoms with van der Waals surface area (Å²) in [6, 6.07) is 18.5. The minimum Gasteiger partial charge on any atom is -0.497 e. The summed E-state index contributed by atoms with van der Waals surface area (Å²) >= 11 is 0. The summed E-state index contributed by atoms with van der Waals surface area (Å²) < 4.78 is 22.9. The normalized spacial score (nSPS) is 12.5. The molecule has 4 nitrogen and oxygen atoms in total. The third-order valence-corrected chi connectivity index (χ3v) is 5.19. The number of hydrogen-bond acceptors (Lipinski definition) is 4. The quantitative estimate of drug-likeness (QED) is 0.536. The predicted molar refractivity (Wildman–Crippen MR) is 115 cm³/mol. The number of benzene rings is 3. The van der Waals surface area contributed by atoms with Gasteiger partial charge in [0.1, 0.15) is 24.7 Å². The minimum atomic E-state index is 0.549. The van der Waals surface area contributed by atoms with E-state index >= 15 is 0 Å². The Balaban J connectivity index is 1.96. The number of methoxy groups -OCH3 is 2. The molecule has 1 heterocycles. The maximum absolute atomic E-state index is 6.18. The van der Waals surface area contributed by atoms with Crippen LogP contribution in [0.2, 0.25) is 0 Å². The van der Waals surface area contributed by atoms with E-state index in [1.807, 2.05) is 24.3 Å². The van der Waals surface area contributed by atoms with Crippen LogP contribution < -0.4 is 18.9 Å². The summed E-state index contributed by atoms with van der Waals surface area (Å²) in [4.78, 5) is 0. The Hall–Kier alpha value is -3.14. The Bertz CT molecular complexity index is 975. The molecule has 4 heteroatoms. The smallest absolute Gasteiger partial charge is 0.170 e. The van der Waals surface area contributed by atoms with Gasteiger partial charge in [0.15, 0.2) is 11.5 Å². The SMILES string of the molecule is CCCc1cc(-c2ccc(OC)cc2)c(-c2ccc(OC)cc2)c2c1OCCO2. The van der Waals surface area contributed by atoms with Crippen LogP contribution in [-0.4, -0.2) is 27.4 Å². The van der Waals surface area contributed by atoms with Crippen LogP contribution in [-0.2, 0) is 6.42 Å². The molecule has 4 rings (SSSR count). The van der Waals surface area contributed by atoms with E-state index in [-0.39, 0.29) is 0 Å². The molecular formula is C25H26O4. The molecular weight excluding hydrogens is 364 g/mol. The fourth-order valence-corrected chi connectivity index (χ4v) is 3.77. The first-order valence-electron chi connectivity index (χ1n) is 9.99. The largest absolute Gasteiger partial charge is 0.497 e. The average Bonchev–Trinajstić information content (AvgIpc) is 2.79. The van der Waals surface area contributed by atoms with Crippen molar-refractivity contribution in [1.82, 2.24) is 0 Å². The van der Waals surface area contributed by atoms with Crippen molar-refractivity contribution in [2.45, 2.75) is 19.8 Å². The molecule has 0 aliphatic carbocycles. The molecule has 0 amide bonds. The van der Waals surface area contributed by atoms with Crippen molar-refractivity contribution in [2.24, 2.45) is 0 Å². The fraction of sp³-hybridized carbons (Fsp3) is 0.280. The van der Waals surface area contributed by atoms with Gasteiger partial charge in [0.2, 0.25) is 0 Å². The number of hydrogen-bond donors (Lipinski definition) is 0. The third kappa shape index (κ3) is 3.75. The first-order valence-corrected chi connectivity index (χ1v) is 9.99. The molecule has 0 spiro atoms. The number of ether oxygens (including phenoxy) is 4. The molecule has 0 N–H and O–H groups in total. The van der Waals surface area contributed by atoms with Crippen LogP contribution in [0.25, 0.3) is 22.3 Å². The topological polar surface area (TPSA) is 36.9 Å². The molecule has 0 saturated carbocycles. The van der Waals surface area contributed by atoms with Gasteiger partial charge in [0, 0.05) is 5.56 Å². The lowest BCUT2D eigenvalue weighted by molar-refractivity contribution is 0.171. The number of aryl methyl sites for hydroxylation is 1. The highest BCUT2D eigenvalue weighted by Crippen LogP contribution is 2.49. The van der Waals surface area contributed by atoms with E-state index in [4.69, 9.17) is 18.9 Å². The highest BCUT2D eigenvalue weighted by Gasteiger charge is 2.25. The molecule has 3 aromatic rings. The summed E-state index contributed by atoms with van der Waals surface area (Å²) in [5.74, 6) is 3.37. The van der Waals surface area contributed by atoms with Gasteiger partial charge >= 0.3 is 0 Å². The lowest BCUT2D eigenvalue weighted by atomic mass is 9.89. The molecule has 0 saturated heterocycles. The molecule has 1 aliphatic heterocycles. The number of fused-ring (bicyclic) bond motifs is 1. The highest BCUT2D eigenvalue weighted by molar-refractivity contribution is 5.91. The van der Waals surface area contributed by atoms with E-state index in [0.29, 0.717) is 13.2 Å². The van der Waals surface area contributed by atoms with Gasteiger partial charge in [-0.3, -0.25) is 0 Å². The fourth-order valence-electron chi connectivity index (χ4n) is 3.77. The van der Waals surface area contributed by atoms with Crippen LogP contribution in [0.15, 0.2) is 54.6 Å². The first-order chi connectivity index (χ1) is 14.2. The van der Waals surface area contributed by atoms with Gasteiger partial charge in [-0.15, -0.1) is 0 Å².